The quantitative estimate of drug-likeness (QED) is 0.327. The number of benzene rings is 1. The SMILES string of the molecule is C=c1sc(N)c(C#N)/c1=C(/C)c1c(C(F)(F)F)cc2c(N3CCOCC(C)C3)nc(OC(O)O)nc2c1F. The minimum absolute atomic E-state index is 0.00576. The Hall–Kier alpha value is -3.51. The molecule has 0 spiro atoms. The van der Waals surface area contributed by atoms with E-state index in [1.54, 1.807) is 4.90 Å². The number of ether oxygens (including phenoxy) is 2. The molecule has 1 fully saturated rings. The molecule has 9 nitrogen and oxygen atoms in total. The van der Waals surface area contributed by atoms with Gasteiger partial charge in [0.25, 0.3) is 0 Å². The molecule has 1 atom stereocenters. The summed E-state index contributed by atoms with van der Waals surface area (Å²) in [5.41, 5.74) is 2.81. The van der Waals surface area contributed by atoms with Gasteiger partial charge in [-0.25, -0.2) is 4.39 Å². The van der Waals surface area contributed by atoms with E-state index in [1.165, 1.54) is 6.92 Å². The van der Waals surface area contributed by atoms with Crippen LogP contribution < -0.4 is 25.1 Å². The molecular weight excluding hydrogens is 530 g/mol. The van der Waals surface area contributed by atoms with Gasteiger partial charge < -0.3 is 30.3 Å². The summed E-state index contributed by atoms with van der Waals surface area (Å²) >= 11 is 0.899. The van der Waals surface area contributed by atoms with Crippen molar-refractivity contribution < 1.29 is 37.2 Å². The molecule has 1 aromatic carbocycles. The second kappa shape index (κ2) is 10.3. The predicted molar refractivity (Wildman–Crippen MR) is 132 cm³/mol. The summed E-state index contributed by atoms with van der Waals surface area (Å²) < 4.78 is 70.0. The van der Waals surface area contributed by atoms with Crippen molar-refractivity contribution in [2.45, 2.75) is 26.5 Å². The lowest BCUT2D eigenvalue weighted by atomic mass is 9.94. The Morgan fingerprint density at radius 1 is 1.39 bits per heavy atom. The Labute approximate surface area is 217 Å². The molecule has 0 radical (unpaired) electrons. The Morgan fingerprint density at radius 3 is 2.74 bits per heavy atom. The molecular formula is C24H23F4N5O4S. The minimum atomic E-state index is -5.01. The van der Waals surface area contributed by atoms with Gasteiger partial charge in [-0.2, -0.15) is 28.4 Å². The van der Waals surface area contributed by atoms with Crippen molar-refractivity contribution in [2.24, 2.45) is 5.92 Å². The molecule has 3 heterocycles. The van der Waals surface area contributed by atoms with Gasteiger partial charge >= 0.3 is 18.7 Å². The van der Waals surface area contributed by atoms with Crippen LogP contribution in [0.3, 0.4) is 0 Å². The van der Waals surface area contributed by atoms with E-state index < -0.39 is 41.1 Å². The maximum Gasteiger partial charge on any atom is 0.417 e. The van der Waals surface area contributed by atoms with Gasteiger partial charge in [0, 0.05) is 33.8 Å². The molecule has 0 aliphatic carbocycles. The molecule has 4 rings (SSSR count). The zero-order valence-electron chi connectivity index (χ0n) is 20.3. The summed E-state index contributed by atoms with van der Waals surface area (Å²) in [6.45, 7) is 5.67. The number of aliphatic hydroxyl groups is 2. The van der Waals surface area contributed by atoms with Gasteiger partial charge in [0.05, 0.1) is 24.3 Å². The number of hydrogen-bond acceptors (Lipinski definition) is 10. The number of nitrogen functional groups attached to an aromatic ring is 1. The standard InChI is InChI=1S/C24H23F4N5O4S/c1-10-8-33(4-5-36-9-10)21-13-6-15(24(26,27)28)17(11(2)16-12(3)38-20(30)14(16)7-29)18(25)19(13)31-22(32-21)37-23(34)35/h6,10,23,34-35H,3-5,8-9,30H2,1-2H3/b16-11-. The van der Waals surface area contributed by atoms with Crippen LogP contribution in [0.25, 0.3) is 23.1 Å². The van der Waals surface area contributed by atoms with Crippen molar-refractivity contribution in [3.8, 4) is 12.1 Å². The van der Waals surface area contributed by atoms with Gasteiger partial charge in [-0.1, -0.05) is 13.5 Å². The van der Waals surface area contributed by atoms with Crippen molar-refractivity contribution in [1.82, 2.24) is 9.97 Å². The number of anilines is 2. The highest BCUT2D eigenvalue weighted by molar-refractivity contribution is 7.14. The highest BCUT2D eigenvalue weighted by Gasteiger charge is 2.38. The van der Waals surface area contributed by atoms with E-state index in [0.717, 1.165) is 17.4 Å². The summed E-state index contributed by atoms with van der Waals surface area (Å²) in [7, 11) is 0. The average Bonchev–Trinajstić information content (AvgIpc) is 2.96. The third-order valence-electron chi connectivity index (χ3n) is 6.02. The molecule has 202 valence electrons. The molecule has 38 heavy (non-hydrogen) atoms. The number of aliphatic hydroxyl groups excluding tert-OH is 1. The highest BCUT2D eigenvalue weighted by atomic mass is 32.1. The fourth-order valence-electron chi connectivity index (χ4n) is 4.47. The molecule has 1 aliphatic rings. The maximum absolute atomic E-state index is 16.2. The summed E-state index contributed by atoms with van der Waals surface area (Å²) in [5.74, 6) is -1.49. The van der Waals surface area contributed by atoms with Gasteiger partial charge in [-0.3, -0.25) is 0 Å². The van der Waals surface area contributed by atoms with Crippen LogP contribution in [0, 0.1) is 23.1 Å². The first kappa shape index (κ1) is 27.5. The van der Waals surface area contributed by atoms with E-state index in [9.17, 15) is 28.6 Å². The normalized spacial score (nSPS) is 17.5. The van der Waals surface area contributed by atoms with Gasteiger partial charge in [0.15, 0.2) is 5.82 Å². The first-order chi connectivity index (χ1) is 17.8. The number of thiophene rings is 1. The number of hydrogen-bond donors (Lipinski definition) is 3. The second-order valence-corrected chi connectivity index (χ2v) is 9.92. The predicted octanol–water partition coefficient (Wildman–Crippen LogP) is 2.05. The van der Waals surface area contributed by atoms with Crippen LogP contribution in [0.1, 0.15) is 30.5 Å². The molecule has 1 saturated heterocycles. The number of aromatic nitrogens is 2. The van der Waals surface area contributed by atoms with Crippen molar-refractivity contribution in [3.05, 3.63) is 38.3 Å². The van der Waals surface area contributed by atoms with Crippen LogP contribution in [-0.2, 0) is 10.9 Å². The van der Waals surface area contributed by atoms with E-state index >= 15 is 4.39 Å². The molecule has 2 aromatic heterocycles. The van der Waals surface area contributed by atoms with Crippen molar-refractivity contribution in [2.75, 3.05) is 36.9 Å². The van der Waals surface area contributed by atoms with Gasteiger partial charge in [-0.15, -0.1) is 11.3 Å². The number of nitriles is 1. The third kappa shape index (κ3) is 5.10. The van der Waals surface area contributed by atoms with Crippen molar-refractivity contribution >= 4 is 45.2 Å². The first-order valence-corrected chi connectivity index (χ1v) is 12.1. The van der Waals surface area contributed by atoms with Gasteiger partial charge in [0.2, 0.25) is 0 Å². The van der Waals surface area contributed by atoms with E-state index in [0.29, 0.717) is 13.2 Å². The Bertz CT molecular complexity index is 1550. The van der Waals surface area contributed by atoms with Gasteiger partial charge in [-0.05, 0) is 24.5 Å². The van der Waals surface area contributed by atoms with Crippen LogP contribution in [-0.4, -0.2) is 53.0 Å². The number of halogens is 4. The summed E-state index contributed by atoms with van der Waals surface area (Å²) in [4.78, 5) is 9.57. The van der Waals surface area contributed by atoms with Crippen LogP contribution in [0.4, 0.5) is 28.4 Å². The number of alkyl halides is 3. The number of fused-ring (bicyclic) bond motifs is 1. The lowest BCUT2D eigenvalue weighted by Gasteiger charge is -2.26. The van der Waals surface area contributed by atoms with Gasteiger partial charge in [0.1, 0.15) is 22.4 Å². The number of nitrogens with two attached hydrogens (primary N) is 1. The Balaban J connectivity index is 2.14. The number of rotatable bonds is 4. The molecule has 0 saturated carbocycles. The Kier molecular flexibility index (Phi) is 7.48. The van der Waals surface area contributed by atoms with E-state index in [-0.39, 0.29) is 56.2 Å². The molecule has 4 N–H and O–H groups in total. The molecule has 1 aliphatic heterocycles. The lowest BCUT2D eigenvalue weighted by Crippen LogP contribution is -2.30. The average molecular weight is 554 g/mol. The molecule has 14 heteroatoms. The molecule has 0 bridgehead atoms. The molecule has 3 aromatic rings. The largest absolute Gasteiger partial charge is 0.417 e. The highest BCUT2D eigenvalue weighted by Crippen LogP contribution is 2.41. The van der Waals surface area contributed by atoms with Crippen molar-refractivity contribution in [1.29, 1.82) is 5.26 Å². The number of nitrogens with zero attached hydrogens (tertiary/aromatic N) is 4. The molecule has 0 amide bonds. The van der Waals surface area contributed by atoms with E-state index in [2.05, 4.69) is 16.5 Å². The first-order valence-electron chi connectivity index (χ1n) is 11.3. The fourth-order valence-corrected chi connectivity index (χ4v) is 5.34. The van der Waals surface area contributed by atoms with E-state index in [1.807, 2.05) is 13.0 Å². The summed E-state index contributed by atoms with van der Waals surface area (Å²) in [6, 6.07) is 1.93. The fraction of sp³-hybridized carbons (Fsp3) is 0.375. The van der Waals surface area contributed by atoms with Crippen LogP contribution >= 0.6 is 11.3 Å². The van der Waals surface area contributed by atoms with E-state index in [4.69, 9.17) is 15.2 Å². The monoisotopic (exact) mass is 553 g/mol. The molecule has 1 unspecified atom stereocenters. The van der Waals surface area contributed by atoms with Crippen LogP contribution in [0.2, 0.25) is 0 Å². The smallest absolute Gasteiger partial charge is 0.408 e. The summed E-state index contributed by atoms with van der Waals surface area (Å²) in [5, 5.41) is 27.9. The minimum Gasteiger partial charge on any atom is -0.408 e. The zero-order chi connectivity index (χ0) is 27.9. The maximum atomic E-state index is 16.2. The zero-order valence-corrected chi connectivity index (χ0v) is 21.1. The summed E-state index contributed by atoms with van der Waals surface area (Å²) in [6.07, 6.45) is -5.01. The van der Waals surface area contributed by atoms with Crippen LogP contribution in [0.15, 0.2) is 6.07 Å². The lowest BCUT2D eigenvalue weighted by molar-refractivity contribution is -0.183. The van der Waals surface area contributed by atoms with Crippen molar-refractivity contribution in [3.63, 3.8) is 0 Å². The second-order valence-electron chi connectivity index (χ2n) is 8.78. The third-order valence-corrected chi connectivity index (χ3v) is 6.89. The van der Waals surface area contributed by atoms with Crippen LogP contribution in [0.5, 0.6) is 6.01 Å². The topological polar surface area (TPSA) is 138 Å². The Morgan fingerprint density at radius 2 is 2.11 bits per heavy atom.